The topological polar surface area (TPSA) is 36.4 Å². The lowest BCUT2D eigenvalue weighted by Gasteiger charge is -2.39. The lowest BCUT2D eigenvalue weighted by atomic mass is 9.78. The molecule has 0 unspecified atom stereocenters. The summed E-state index contributed by atoms with van der Waals surface area (Å²) in [6.07, 6.45) is 5.96. The van der Waals surface area contributed by atoms with E-state index in [-0.39, 0.29) is 5.41 Å². The average molecular weight is 392 g/mol. The van der Waals surface area contributed by atoms with Crippen molar-refractivity contribution >= 4 is 5.91 Å². The van der Waals surface area contributed by atoms with Crippen LogP contribution in [-0.2, 0) is 17.8 Å². The third-order valence-electron chi connectivity index (χ3n) is 6.69. The van der Waals surface area contributed by atoms with Gasteiger partial charge in [0.2, 0.25) is 5.91 Å². The molecular weight excluding hydrogens is 358 g/mol. The molecule has 4 heteroatoms. The van der Waals surface area contributed by atoms with Crippen molar-refractivity contribution in [1.82, 2.24) is 14.8 Å². The molecular formula is C25H33N3O. The molecule has 2 aromatic rings. The second kappa shape index (κ2) is 8.66. The monoisotopic (exact) mass is 391 g/mol. The van der Waals surface area contributed by atoms with Gasteiger partial charge in [0, 0.05) is 44.5 Å². The number of benzene rings is 1. The molecule has 29 heavy (non-hydrogen) atoms. The Morgan fingerprint density at radius 1 is 1.07 bits per heavy atom. The summed E-state index contributed by atoms with van der Waals surface area (Å²) in [5.41, 5.74) is 3.56. The molecule has 0 N–H and O–H groups in total. The van der Waals surface area contributed by atoms with Crippen LogP contribution in [0.25, 0.3) is 0 Å². The summed E-state index contributed by atoms with van der Waals surface area (Å²) in [7, 11) is 0. The molecule has 4 rings (SSSR count). The maximum Gasteiger partial charge on any atom is 0.230 e. The minimum Gasteiger partial charge on any atom is -0.338 e. The SMILES string of the molecule is CC(C)c1ccc(CN2CCC[C@]3(CCN(CCc4ccccn4)C3)C2=O)cc1. The molecule has 0 bridgehead atoms. The van der Waals surface area contributed by atoms with Gasteiger partial charge < -0.3 is 9.80 Å². The van der Waals surface area contributed by atoms with Gasteiger partial charge in [-0.2, -0.15) is 0 Å². The Labute approximate surface area is 174 Å². The first kappa shape index (κ1) is 20.1. The minimum absolute atomic E-state index is 0.166. The number of rotatable bonds is 6. The molecule has 1 aromatic heterocycles. The van der Waals surface area contributed by atoms with E-state index in [2.05, 4.69) is 59.0 Å². The van der Waals surface area contributed by atoms with Crippen LogP contribution >= 0.6 is 0 Å². The molecule has 4 nitrogen and oxygen atoms in total. The van der Waals surface area contributed by atoms with E-state index in [9.17, 15) is 4.79 Å². The maximum absolute atomic E-state index is 13.4. The molecule has 154 valence electrons. The van der Waals surface area contributed by atoms with Gasteiger partial charge in [-0.1, -0.05) is 44.2 Å². The molecule has 2 fully saturated rings. The summed E-state index contributed by atoms with van der Waals surface area (Å²) in [4.78, 5) is 22.4. The molecule has 2 saturated heterocycles. The lowest BCUT2D eigenvalue weighted by Crippen LogP contribution is -2.49. The highest BCUT2D eigenvalue weighted by Crippen LogP contribution is 2.40. The van der Waals surface area contributed by atoms with Crippen LogP contribution in [0, 0.1) is 5.41 Å². The smallest absolute Gasteiger partial charge is 0.230 e. The highest BCUT2D eigenvalue weighted by Gasteiger charge is 2.47. The summed E-state index contributed by atoms with van der Waals surface area (Å²) < 4.78 is 0. The predicted molar refractivity (Wildman–Crippen MR) is 117 cm³/mol. The van der Waals surface area contributed by atoms with Gasteiger partial charge in [-0.15, -0.1) is 0 Å². The number of hydrogen-bond acceptors (Lipinski definition) is 3. The fourth-order valence-electron chi connectivity index (χ4n) is 4.88. The summed E-state index contributed by atoms with van der Waals surface area (Å²) in [6.45, 7) is 8.98. The summed E-state index contributed by atoms with van der Waals surface area (Å²) in [5, 5.41) is 0. The van der Waals surface area contributed by atoms with Crippen LogP contribution in [0.2, 0.25) is 0 Å². The zero-order valence-electron chi connectivity index (χ0n) is 17.8. The van der Waals surface area contributed by atoms with Crippen molar-refractivity contribution in [3.63, 3.8) is 0 Å². The molecule has 0 aliphatic carbocycles. The van der Waals surface area contributed by atoms with Gasteiger partial charge in [-0.05, 0) is 55.0 Å². The largest absolute Gasteiger partial charge is 0.338 e. The molecule has 1 atom stereocenters. The van der Waals surface area contributed by atoms with E-state index in [4.69, 9.17) is 0 Å². The minimum atomic E-state index is -0.166. The van der Waals surface area contributed by atoms with Crippen molar-refractivity contribution in [3.8, 4) is 0 Å². The van der Waals surface area contributed by atoms with Crippen LogP contribution in [0.3, 0.4) is 0 Å². The Balaban J connectivity index is 1.36. The van der Waals surface area contributed by atoms with Gasteiger partial charge in [0.05, 0.1) is 5.41 Å². The first-order valence-electron chi connectivity index (χ1n) is 11.1. The quantitative estimate of drug-likeness (QED) is 0.738. The lowest BCUT2D eigenvalue weighted by molar-refractivity contribution is -0.146. The van der Waals surface area contributed by atoms with E-state index >= 15 is 0 Å². The molecule has 3 heterocycles. The zero-order valence-corrected chi connectivity index (χ0v) is 17.8. The molecule has 0 radical (unpaired) electrons. The molecule has 1 spiro atoms. The fourth-order valence-corrected chi connectivity index (χ4v) is 4.88. The Morgan fingerprint density at radius 3 is 2.62 bits per heavy atom. The molecule has 1 aromatic carbocycles. The Hall–Kier alpha value is -2.20. The molecule has 0 saturated carbocycles. The number of aromatic nitrogens is 1. The van der Waals surface area contributed by atoms with Crippen molar-refractivity contribution in [2.24, 2.45) is 5.41 Å². The average Bonchev–Trinajstić information content (AvgIpc) is 3.15. The van der Waals surface area contributed by atoms with Crippen molar-refractivity contribution in [3.05, 3.63) is 65.5 Å². The first-order valence-corrected chi connectivity index (χ1v) is 11.1. The van der Waals surface area contributed by atoms with Gasteiger partial charge in [-0.3, -0.25) is 9.78 Å². The van der Waals surface area contributed by atoms with Crippen LogP contribution < -0.4 is 0 Å². The van der Waals surface area contributed by atoms with Gasteiger partial charge in [0.1, 0.15) is 0 Å². The Kier molecular flexibility index (Phi) is 6.00. The van der Waals surface area contributed by atoms with E-state index in [1.807, 2.05) is 18.3 Å². The second-order valence-electron chi connectivity index (χ2n) is 9.10. The normalized spacial score (nSPS) is 22.7. The van der Waals surface area contributed by atoms with Crippen molar-refractivity contribution in [1.29, 1.82) is 0 Å². The van der Waals surface area contributed by atoms with Gasteiger partial charge in [-0.25, -0.2) is 0 Å². The molecule has 2 aliphatic rings. The number of hydrogen-bond donors (Lipinski definition) is 0. The number of carbonyl (C=O) groups excluding carboxylic acids is 1. The zero-order chi connectivity index (χ0) is 20.3. The van der Waals surface area contributed by atoms with E-state index in [0.717, 1.165) is 64.1 Å². The number of piperidine rings is 1. The van der Waals surface area contributed by atoms with Crippen LogP contribution in [0.1, 0.15) is 55.8 Å². The number of nitrogens with zero attached hydrogens (tertiary/aromatic N) is 3. The highest BCUT2D eigenvalue weighted by atomic mass is 16.2. The van der Waals surface area contributed by atoms with Crippen molar-refractivity contribution in [2.75, 3.05) is 26.2 Å². The van der Waals surface area contributed by atoms with Gasteiger partial charge >= 0.3 is 0 Å². The Bertz CT molecular complexity index is 818. The van der Waals surface area contributed by atoms with Gasteiger partial charge in [0.15, 0.2) is 0 Å². The first-order chi connectivity index (χ1) is 14.1. The number of amides is 1. The van der Waals surface area contributed by atoms with E-state index in [1.165, 1.54) is 11.1 Å². The number of carbonyl (C=O) groups is 1. The molecule has 1 amide bonds. The maximum atomic E-state index is 13.4. The summed E-state index contributed by atoms with van der Waals surface area (Å²) >= 11 is 0. The third kappa shape index (κ3) is 4.53. The van der Waals surface area contributed by atoms with Crippen LogP contribution in [0.5, 0.6) is 0 Å². The third-order valence-corrected chi connectivity index (χ3v) is 6.69. The van der Waals surface area contributed by atoms with Crippen LogP contribution in [0.4, 0.5) is 0 Å². The summed E-state index contributed by atoms with van der Waals surface area (Å²) in [6, 6.07) is 14.9. The van der Waals surface area contributed by atoms with Crippen LogP contribution in [-0.4, -0.2) is 46.9 Å². The van der Waals surface area contributed by atoms with E-state index in [0.29, 0.717) is 11.8 Å². The second-order valence-corrected chi connectivity index (χ2v) is 9.10. The van der Waals surface area contributed by atoms with Gasteiger partial charge in [0.25, 0.3) is 0 Å². The number of likely N-dealkylation sites (tertiary alicyclic amines) is 2. The van der Waals surface area contributed by atoms with E-state index < -0.39 is 0 Å². The fraction of sp³-hybridized carbons (Fsp3) is 0.520. The predicted octanol–water partition coefficient (Wildman–Crippen LogP) is 4.26. The molecule has 2 aliphatic heterocycles. The van der Waals surface area contributed by atoms with Crippen LogP contribution in [0.15, 0.2) is 48.7 Å². The van der Waals surface area contributed by atoms with Crippen molar-refractivity contribution < 1.29 is 4.79 Å². The van der Waals surface area contributed by atoms with E-state index in [1.54, 1.807) is 0 Å². The number of pyridine rings is 1. The van der Waals surface area contributed by atoms with Crippen molar-refractivity contribution in [2.45, 2.75) is 52.0 Å². The highest BCUT2D eigenvalue weighted by molar-refractivity contribution is 5.84. The Morgan fingerprint density at radius 2 is 1.90 bits per heavy atom. The summed E-state index contributed by atoms with van der Waals surface area (Å²) in [5.74, 6) is 0.913. The standard InChI is InChI=1S/C25H33N3O/c1-20(2)22-9-7-21(8-10-22)18-28-15-5-12-25(24(28)29)13-17-27(19-25)16-11-23-6-3-4-14-26-23/h3-4,6-10,14,20H,5,11-13,15-19H2,1-2H3/t25-/m1/s1.